The molecule has 0 aromatic carbocycles. The lowest BCUT2D eigenvalue weighted by atomic mass is 9.72. The molecule has 2 heteroatoms. The quantitative estimate of drug-likeness (QED) is 0.843. The molecule has 0 amide bonds. The van der Waals surface area contributed by atoms with Gasteiger partial charge in [-0.2, -0.15) is 0 Å². The van der Waals surface area contributed by atoms with E-state index in [1.807, 2.05) is 0 Å². The van der Waals surface area contributed by atoms with Crippen LogP contribution in [0.4, 0.5) is 0 Å². The van der Waals surface area contributed by atoms with E-state index in [0.29, 0.717) is 11.5 Å². The number of hydrogen-bond donors (Lipinski definition) is 1. The summed E-state index contributed by atoms with van der Waals surface area (Å²) in [5, 5.41) is 3.60. The van der Waals surface area contributed by atoms with Crippen LogP contribution in [0.5, 0.6) is 0 Å². The molecule has 1 aliphatic heterocycles. The molecule has 1 aliphatic carbocycles. The second-order valence-corrected chi connectivity index (χ2v) is 8.34. The first-order valence-corrected chi connectivity index (χ1v) is 8.84. The predicted molar refractivity (Wildman–Crippen MR) is 88.0 cm³/mol. The third-order valence-electron chi connectivity index (χ3n) is 5.95. The fourth-order valence-electron chi connectivity index (χ4n) is 4.41. The van der Waals surface area contributed by atoms with Crippen molar-refractivity contribution in [3.8, 4) is 0 Å². The van der Waals surface area contributed by atoms with Crippen molar-refractivity contribution in [2.75, 3.05) is 20.1 Å². The van der Waals surface area contributed by atoms with Crippen LogP contribution in [-0.2, 0) is 0 Å². The molecule has 20 heavy (non-hydrogen) atoms. The molecule has 2 rings (SSSR count). The summed E-state index contributed by atoms with van der Waals surface area (Å²) in [7, 11) is 2.16. The molecule has 2 nitrogen and oxygen atoms in total. The average molecular weight is 281 g/mol. The van der Waals surface area contributed by atoms with E-state index in [1.54, 1.807) is 0 Å². The second-order valence-electron chi connectivity index (χ2n) is 8.34. The number of nitrogens with zero attached hydrogens (tertiary/aromatic N) is 1. The molecule has 2 aliphatic rings. The van der Waals surface area contributed by atoms with E-state index in [2.05, 4.69) is 45.0 Å². The number of rotatable bonds is 3. The van der Waals surface area contributed by atoms with Gasteiger partial charge in [0.2, 0.25) is 0 Å². The summed E-state index contributed by atoms with van der Waals surface area (Å²) >= 11 is 0. The molecule has 0 radical (unpaired) electrons. The Morgan fingerprint density at radius 1 is 1.10 bits per heavy atom. The molecule has 1 N–H and O–H groups in total. The third kappa shape index (κ3) is 3.98. The normalized spacial score (nSPS) is 36.0. The van der Waals surface area contributed by atoms with E-state index in [4.69, 9.17) is 0 Å². The molecule has 2 fully saturated rings. The van der Waals surface area contributed by atoms with Gasteiger partial charge < -0.3 is 5.32 Å². The van der Waals surface area contributed by atoms with Crippen LogP contribution in [0.3, 0.4) is 0 Å². The van der Waals surface area contributed by atoms with Crippen molar-refractivity contribution >= 4 is 0 Å². The maximum atomic E-state index is 3.60. The van der Waals surface area contributed by atoms with Crippen LogP contribution in [0, 0.1) is 17.3 Å². The Morgan fingerprint density at radius 3 is 2.50 bits per heavy atom. The van der Waals surface area contributed by atoms with Crippen molar-refractivity contribution in [1.29, 1.82) is 0 Å². The van der Waals surface area contributed by atoms with Gasteiger partial charge in [-0.1, -0.05) is 27.7 Å². The number of likely N-dealkylation sites (tertiary alicyclic amines) is 1. The predicted octanol–water partition coefficient (Wildman–Crippen LogP) is 3.91. The van der Waals surface area contributed by atoms with Gasteiger partial charge in [0.15, 0.2) is 0 Å². The first kappa shape index (κ1) is 16.3. The number of likely N-dealkylation sites (N-methyl/N-ethyl adjacent to an activating group) is 1. The molecule has 0 aromatic heterocycles. The van der Waals surface area contributed by atoms with Crippen LogP contribution in [0.15, 0.2) is 0 Å². The Bertz CT molecular complexity index is 298. The van der Waals surface area contributed by atoms with Crippen molar-refractivity contribution in [2.24, 2.45) is 17.3 Å². The average Bonchev–Trinajstić information content (AvgIpc) is 2.63. The van der Waals surface area contributed by atoms with Gasteiger partial charge in [0.1, 0.15) is 0 Å². The van der Waals surface area contributed by atoms with Crippen LogP contribution < -0.4 is 5.32 Å². The molecule has 3 atom stereocenters. The summed E-state index contributed by atoms with van der Waals surface area (Å²) in [6.45, 7) is 12.4. The van der Waals surface area contributed by atoms with E-state index in [-0.39, 0.29) is 0 Å². The molecule has 1 heterocycles. The zero-order valence-corrected chi connectivity index (χ0v) is 14.4. The van der Waals surface area contributed by atoms with E-state index >= 15 is 0 Å². The van der Waals surface area contributed by atoms with E-state index in [0.717, 1.165) is 17.9 Å². The van der Waals surface area contributed by atoms with Crippen molar-refractivity contribution in [3.63, 3.8) is 0 Å². The summed E-state index contributed by atoms with van der Waals surface area (Å²) in [4.78, 5) is 2.82. The van der Waals surface area contributed by atoms with Crippen LogP contribution in [0.1, 0.15) is 66.2 Å². The molecule has 0 spiro atoms. The van der Waals surface area contributed by atoms with E-state index < -0.39 is 0 Å². The van der Waals surface area contributed by atoms with Crippen molar-refractivity contribution in [3.05, 3.63) is 0 Å². The lowest BCUT2D eigenvalue weighted by Crippen LogP contribution is -2.54. The van der Waals surface area contributed by atoms with Gasteiger partial charge in [0.25, 0.3) is 0 Å². The van der Waals surface area contributed by atoms with E-state index in [9.17, 15) is 0 Å². The monoisotopic (exact) mass is 280 g/mol. The zero-order chi connectivity index (χ0) is 14.8. The van der Waals surface area contributed by atoms with Gasteiger partial charge in [-0.05, 0) is 75.9 Å². The molecule has 118 valence electrons. The molecule has 1 saturated carbocycles. The lowest BCUT2D eigenvalue weighted by molar-refractivity contribution is 0.0685. The van der Waals surface area contributed by atoms with Crippen LogP contribution in [-0.4, -0.2) is 37.1 Å². The van der Waals surface area contributed by atoms with Gasteiger partial charge in [-0.3, -0.25) is 4.90 Å². The molecular weight excluding hydrogens is 244 g/mol. The summed E-state index contributed by atoms with van der Waals surface area (Å²) in [6, 6.07) is 1.47. The zero-order valence-electron chi connectivity index (χ0n) is 14.4. The highest BCUT2D eigenvalue weighted by molar-refractivity contribution is 4.94. The van der Waals surface area contributed by atoms with Crippen molar-refractivity contribution < 1.29 is 0 Å². The lowest BCUT2D eigenvalue weighted by Gasteiger charge is -2.46. The third-order valence-corrected chi connectivity index (χ3v) is 5.95. The standard InChI is InChI=1S/C18H36N2/c1-14(2)15-7-6-11-20(12-9-15)17-13-18(3,4)10-8-16(17)19-5/h14-17,19H,6-13H2,1-5H3. The minimum absolute atomic E-state index is 0.530. The number of hydrogen-bond acceptors (Lipinski definition) is 2. The maximum absolute atomic E-state index is 3.60. The minimum atomic E-state index is 0.530. The minimum Gasteiger partial charge on any atom is -0.315 e. The fourth-order valence-corrected chi connectivity index (χ4v) is 4.41. The van der Waals surface area contributed by atoms with Gasteiger partial charge in [0.05, 0.1) is 0 Å². The van der Waals surface area contributed by atoms with Crippen LogP contribution in [0.2, 0.25) is 0 Å². The fraction of sp³-hybridized carbons (Fsp3) is 1.00. The SMILES string of the molecule is CNC1CCC(C)(C)CC1N1CCCC(C(C)C)CC1. The molecule has 0 bridgehead atoms. The second kappa shape index (κ2) is 6.79. The van der Waals surface area contributed by atoms with Gasteiger partial charge in [0, 0.05) is 12.1 Å². The Balaban J connectivity index is 2.00. The summed E-state index contributed by atoms with van der Waals surface area (Å²) in [5.74, 6) is 1.81. The van der Waals surface area contributed by atoms with Crippen LogP contribution in [0.25, 0.3) is 0 Å². The smallest absolute Gasteiger partial charge is 0.0254 e. The molecule has 0 aromatic rings. The molecule has 3 unspecified atom stereocenters. The Labute approximate surface area is 126 Å². The largest absolute Gasteiger partial charge is 0.315 e. The highest BCUT2D eigenvalue weighted by Crippen LogP contribution is 2.38. The highest BCUT2D eigenvalue weighted by Gasteiger charge is 2.37. The van der Waals surface area contributed by atoms with Gasteiger partial charge >= 0.3 is 0 Å². The van der Waals surface area contributed by atoms with Crippen molar-refractivity contribution in [1.82, 2.24) is 10.2 Å². The Morgan fingerprint density at radius 2 is 1.85 bits per heavy atom. The van der Waals surface area contributed by atoms with Gasteiger partial charge in [-0.25, -0.2) is 0 Å². The first-order chi connectivity index (χ1) is 9.43. The summed E-state index contributed by atoms with van der Waals surface area (Å²) in [6.07, 6.45) is 8.33. The molecular formula is C18H36N2. The summed E-state index contributed by atoms with van der Waals surface area (Å²) in [5.41, 5.74) is 0.530. The van der Waals surface area contributed by atoms with E-state index in [1.165, 1.54) is 51.6 Å². The maximum Gasteiger partial charge on any atom is 0.0254 e. The first-order valence-electron chi connectivity index (χ1n) is 8.84. The Hall–Kier alpha value is -0.0800. The van der Waals surface area contributed by atoms with Crippen molar-refractivity contribution in [2.45, 2.75) is 78.3 Å². The molecule has 1 saturated heterocycles. The highest BCUT2D eigenvalue weighted by atomic mass is 15.2. The summed E-state index contributed by atoms with van der Waals surface area (Å²) < 4.78 is 0. The van der Waals surface area contributed by atoms with Crippen LogP contribution >= 0.6 is 0 Å². The Kier molecular flexibility index (Phi) is 5.53. The number of nitrogens with one attached hydrogen (secondary N) is 1. The topological polar surface area (TPSA) is 15.3 Å². The van der Waals surface area contributed by atoms with Gasteiger partial charge in [-0.15, -0.1) is 0 Å².